The summed E-state index contributed by atoms with van der Waals surface area (Å²) in [7, 11) is -3.94. The number of rotatable bonds is 10. The first-order chi connectivity index (χ1) is 16.1. The van der Waals surface area contributed by atoms with Crippen LogP contribution in [0, 0.1) is 5.92 Å². The number of sulfonamides is 1. The number of likely N-dealkylation sites (tertiary alicyclic amines) is 1. The second kappa shape index (κ2) is 10.1. The quantitative estimate of drug-likeness (QED) is 0.388. The number of halogens is 3. The number of carbonyl (C=O) groups excluding carboxylic acids is 1. The Morgan fingerprint density at radius 1 is 1.03 bits per heavy atom. The van der Waals surface area contributed by atoms with Crippen molar-refractivity contribution in [1.82, 2.24) is 9.62 Å². The number of ketones is 1. The van der Waals surface area contributed by atoms with Crippen molar-refractivity contribution < 1.29 is 31.1 Å². The smallest absolute Gasteiger partial charge is 0.416 e. The van der Waals surface area contributed by atoms with E-state index in [1.807, 2.05) is 4.90 Å². The van der Waals surface area contributed by atoms with Crippen molar-refractivity contribution in [2.45, 2.75) is 49.3 Å². The van der Waals surface area contributed by atoms with Crippen molar-refractivity contribution in [3.63, 3.8) is 0 Å². The van der Waals surface area contributed by atoms with Crippen LogP contribution in [0.2, 0.25) is 0 Å². The molecule has 4 rings (SSSR count). The molecule has 2 aliphatic rings. The topological polar surface area (TPSA) is 75.7 Å². The van der Waals surface area contributed by atoms with E-state index in [1.165, 1.54) is 0 Å². The highest BCUT2D eigenvalue weighted by atomic mass is 32.2. The molecule has 2 aromatic rings. The molecule has 0 radical (unpaired) electrons. The Morgan fingerprint density at radius 2 is 1.71 bits per heavy atom. The monoisotopic (exact) mass is 496 g/mol. The molecule has 184 valence electrons. The summed E-state index contributed by atoms with van der Waals surface area (Å²) in [5, 5.41) is 0. The first kappa shape index (κ1) is 24.7. The number of nitrogens with zero attached hydrogens (tertiary/aromatic N) is 1. The largest absolute Gasteiger partial charge is 0.494 e. The van der Waals surface area contributed by atoms with Crippen molar-refractivity contribution in [3.05, 3.63) is 59.7 Å². The van der Waals surface area contributed by atoms with Gasteiger partial charge in [-0.25, -0.2) is 8.42 Å². The van der Waals surface area contributed by atoms with Crippen molar-refractivity contribution >= 4 is 15.8 Å². The summed E-state index contributed by atoms with van der Waals surface area (Å²) in [5.74, 6) is 1.04. The van der Waals surface area contributed by atoms with Crippen LogP contribution in [0.15, 0.2) is 53.4 Å². The Kier molecular flexibility index (Phi) is 7.30. The molecule has 6 nitrogen and oxygen atoms in total. The summed E-state index contributed by atoms with van der Waals surface area (Å²) in [5.41, 5.74) is -0.187. The fourth-order valence-corrected chi connectivity index (χ4v) is 5.31. The van der Waals surface area contributed by atoms with E-state index in [1.54, 1.807) is 24.3 Å². The van der Waals surface area contributed by atoms with E-state index in [4.69, 9.17) is 4.74 Å². The highest BCUT2D eigenvalue weighted by Gasteiger charge is 2.32. The Hall–Kier alpha value is -2.43. The molecule has 10 heteroatoms. The van der Waals surface area contributed by atoms with Crippen LogP contribution >= 0.6 is 0 Å². The lowest BCUT2D eigenvalue weighted by Gasteiger charge is -2.25. The van der Waals surface area contributed by atoms with E-state index in [0.717, 1.165) is 50.1 Å². The first-order valence-corrected chi connectivity index (χ1v) is 12.8. The van der Waals surface area contributed by atoms with Gasteiger partial charge in [-0.05, 0) is 87.2 Å². The lowest BCUT2D eigenvalue weighted by Crippen LogP contribution is -2.44. The van der Waals surface area contributed by atoms with Crippen LogP contribution in [-0.2, 0) is 16.2 Å². The van der Waals surface area contributed by atoms with Gasteiger partial charge in [0.2, 0.25) is 10.0 Å². The van der Waals surface area contributed by atoms with Crippen LogP contribution in [0.4, 0.5) is 13.2 Å². The van der Waals surface area contributed by atoms with Gasteiger partial charge in [0.25, 0.3) is 0 Å². The minimum absolute atomic E-state index is 0.178. The number of carbonyl (C=O) groups is 1. The van der Waals surface area contributed by atoms with Crippen LogP contribution in [0.5, 0.6) is 5.75 Å². The molecule has 1 unspecified atom stereocenters. The molecule has 0 amide bonds. The second-order valence-electron chi connectivity index (χ2n) is 8.70. The predicted molar refractivity (Wildman–Crippen MR) is 120 cm³/mol. The summed E-state index contributed by atoms with van der Waals surface area (Å²) >= 11 is 0. The number of alkyl halides is 3. The Labute approximate surface area is 197 Å². The van der Waals surface area contributed by atoms with E-state index >= 15 is 0 Å². The molecule has 1 heterocycles. The Balaban J connectivity index is 1.25. The molecule has 1 saturated heterocycles. The van der Waals surface area contributed by atoms with Gasteiger partial charge in [-0.15, -0.1) is 0 Å². The predicted octanol–water partition coefficient (Wildman–Crippen LogP) is 4.47. The molecule has 0 spiro atoms. The maximum Gasteiger partial charge on any atom is 0.416 e. The van der Waals surface area contributed by atoms with Gasteiger partial charge < -0.3 is 4.74 Å². The molecule has 1 atom stereocenters. The zero-order chi connectivity index (χ0) is 24.3. The van der Waals surface area contributed by atoms with Crippen molar-refractivity contribution in [2.24, 2.45) is 5.92 Å². The van der Waals surface area contributed by atoms with E-state index in [9.17, 15) is 26.4 Å². The van der Waals surface area contributed by atoms with Gasteiger partial charge in [-0.1, -0.05) is 0 Å². The molecule has 1 aliphatic heterocycles. The Bertz CT molecular complexity index is 1100. The third-order valence-corrected chi connectivity index (χ3v) is 7.57. The highest BCUT2D eigenvalue weighted by molar-refractivity contribution is 7.89. The number of Topliss-reactive ketones (excluding diaryl/α,β-unsaturated/α-hetero) is 1. The minimum Gasteiger partial charge on any atom is -0.494 e. The zero-order valence-electron chi connectivity index (χ0n) is 18.6. The van der Waals surface area contributed by atoms with Gasteiger partial charge in [0.15, 0.2) is 5.78 Å². The number of hydrogen-bond acceptors (Lipinski definition) is 5. The molecule has 1 N–H and O–H groups in total. The van der Waals surface area contributed by atoms with E-state index in [-0.39, 0.29) is 16.6 Å². The lowest BCUT2D eigenvalue weighted by molar-refractivity contribution is -0.137. The molecule has 0 bridgehead atoms. The van der Waals surface area contributed by atoms with Gasteiger partial charge >= 0.3 is 6.18 Å². The highest BCUT2D eigenvalue weighted by Crippen LogP contribution is 2.33. The lowest BCUT2D eigenvalue weighted by atomic mass is 10.1. The summed E-state index contributed by atoms with van der Waals surface area (Å²) in [6, 6.07) is 10.6. The van der Waals surface area contributed by atoms with Crippen molar-refractivity contribution in [1.29, 1.82) is 0 Å². The molecular weight excluding hydrogens is 469 g/mol. The molecule has 2 aromatic carbocycles. The van der Waals surface area contributed by atoms with Crippen LogP contribution in [0.1, 0.15) is 48.0 Å². The molecule has 2 fully saturated rings. The fraction of sp³-hybridized carbons (Fsp3) is 0.458. The van der Waals surface area contributed by atoms with Gasteiger partial charge in [0, 0.05) is 18.0 Å². The van der Waals surface area contributed by atoms with Crippen LogP contribution < -0.4 is 9.46 Å². The van der Waals surface area contributed by atoms with E-state index < -0.39 is 27.9 Å². The minimum atomic E-state index is -4.52. The van der Waals surface area contributed by atoms with Gasteiger partial charge in [0.05, 0.1) is 23.2 Å². The summed E-state index contributed by atoms with van der Waals surface area (Å²) in [4.78, 5) is 13.9. The van der Waals surface area contributed by atoms with Crippen LogP contribution in [-0.4, -0.2) is 45.0 Å². The van der Waals surface area contributed by atoms with E-state index in [0.29, 0.717) is 37.3 Å². The summed E-state index contributed by atoms with van der Waals surface area (Å²) in [6.45, 7) is 1.77. The maximum atomic E-state index is 12.7. The molecule has 0 aromatic heterocycles. The van der Waals surface area contributed by atoms with Crippen molar-refractivity contribution in [2.75, 3.05) is 19.7 Å². The van der Waals surface area contributed by atoms with Gasteiger partial charge in [-0.3, -0.25) is 9.69 Å². The van der Waals surface area contributed by atoms with Crippen LogP contribution in [0.25, 0.3) is 0 Å². The third-order valence-electron chi connectivity index (χ3n) is 6.09. The van der Waals surface area contributed by atoms with Gasteiger partial charge in [-0.2, -0.15) is 17.9 Å². The summed E-state index contributed by atoms with van der Waals surface area (Å²) in [6.07, 6.45) is -0.893. The summed E-state index contributed by atoms with van der Waals surface area (Å²) < 4.78 is 71.9. The first-order valence-electron chi connectivity index (χ1n) is 11.3. The van der Waals surface area contributed by atoms with E-state index in [2.05, 4.69) is 4.72 Å². The number of benzene rings is 2. The standard InChI is InChI=1S/C24H27F3N2O4S/c25-24(26,27)19-8-12-21(13-9-19)34(31,32)28-22-3-1-14-29(22)15-2-16-33-20-10-6-18(7-11-20)23(30)17-4-5-17/h6-13,17,22,28H,1-5,14-16H2. The average Bonchev–Trinajstić information content (AvgIpc) is 3.57. The maximum absolute atomic E-state index is 12.7. The molecule has 1 aliphatic carbocycles. The molecular formula is C24H27F3N2O4S. The van der Waals surface area contributed by atoms with Crippen molar-refractivity contribution in [3.8, 4) is 5.75 Å². The van der Waals surface area contributed by atoms with Crippen LogP contribution in [0.3, 0.4) is 0 Å². The normalized spacial score (nSPS) is 19.3. The number of ether oxygens (including phenoxy) is 1. The second-order valence-corrected chi connectivity index (χ2v) is 10.4. The zero-order valence-corrected chi connectivity index (χ0v) is 19.4. The molecule has 1 saturated carbocycles. The molecule has 34 heavy (non-hydrogen) atoms. The Morgan fingerprint density at radius 3 is 2.32 bits per heavy atom. The fourth-order valence-electron chi connectivity index (χ4n) is 4.05. The average molecular weight is 497 g/mol. The number of nitrogens with one attached hydrogen (secondary N) is 1. The SMILES string of the molecule is O=C(c1ccc(OCCCN2CCCC2NS(=O)(=O)c2ccc(C(F)(F)F)cc2)cc1)C1CC1. The van der Waals surface area contributed by atoms with Gasteiger partial charge in [0.1, 0.15) is 5.75 Å². The third kappa shape index (κ3) is 6.17. The number of hydrogen-bond donors (Lipinski definition) is 1.